The van der Waals surface area contributed by atoms with Crippen molar-refractivity contribution in [2.24, 2.45) is 0 Å². The number of carbonyl (C=O) groups excluding carboxylic acids is 2. The zero-order valence-electron chi connectivity index (χ0n) is 17.4. The van der Waals surface area contributed by atoms with Crippen LogP contribution in [0.2, 0.25) is 0 Å². The van der Waals surface area contributed by atoms with Crippen LogP contribution in [0.15, 0.2) is 55.0 Å². The molecule has 162 valence electrons. The summed E-state index contributed by atoms with van der Waals surface area (Å²) in [4.78, 5) is 33.5. The predicted octanol–water partition coefficient (Wildman–Crippen LogP) is 4.42. The SMILES string of the molecule is CC(C)(C)OC(=O)NC(Cc1ccc(F)cc1)C(=O)Nc1cnc(-c2ccncc2)s1. The fourth-order valence-corrected chi connectivity index (χ4v) is 3.51. The molecule has 31 heavy (non-hydrogen) atoms. The Morgan fingerprint density at radius 1 is 1.13 bits per heavy atom. The van der Waals surface area contributed by atoms with Gasteiger partial charge in [-0.05, 0) is 50.6 Å². The summed E-state index contributed by atoms with van der Waals surface area (Å²) in [5, 5.41) is 6.66. The van der Waals surface area contributed by atoms with E-state index in [4.69, 9.17) is 4.74 Å². The quantitative estimate of drug-likeness (QED) is 0.590. The molecule has 3 aromatic rings. The number of anilines is 1. The van der Waals surface area contributed by atoms with E-state index in [1.54, 1.807) is 51.5 Å². The molecule has 0 bridgehead atoms. The lowest BCUT2D eigenvalue weighted by atomic mass is 10.1. The number of benzene rings is 1. The number of hydrogen-bond acceptors (Lipinski definition) is 6. The first-order valence-corrected chi connectivity index (χ1v) is 10.4. The molecule has 0 saturated heterocycles. The van der Waals surface area contributed by atoms with Gasteiger partial charge in [0, 0.05) is 24.4 Å². The molecule has 0 aliphatic heterocycles. The maximum absolute atomic E-state index is 13.2. The van der Waals surface area contributed by atoms with Gasteiger partial charge < -0.3 is 15.4 Å². The van der Waals surface area contributed by atoms with Crippen LogP contribution in [-0.4, -0.2) is 33.6 Å². The van der Waals surface area contributed by atoms with Crippen molar-refractivity contribution in [2.75, 3.05) is 5.32 Å². The number of hydrogen-bond donors (Lipinski definition) is 2. The number of aromatic nitrogens is 2. The van der Waals surface area contributed by atoms with E-state index in [1.165, 1.54) is 23.5 Å². The number of nitrogens with one attached hydrogen (secondary N) is 2. The largest absolute Gasteiger partial charge is 0.444 e. The molecule has 0 radical (unpaired) electrons. The van der Waals surface area contributed by atoms with Crippen molar-refractivity contribution in [2.45, 2.75) is 38.8 Å². The second kappa shape index (κ2) is 9.65. The number of thiazole rings is 1. The number of ether oxygens (including phenoxy) is 1. The fourth-order valence-electron chi connectivity index (χ4n) is 2.68. The standard InChI is InChI=1S/C22H23FN4O3S/c1-22(2,3)30-21(29)26-17(12-14-4-6-16(23)7-5-14)19(28)27-18-13-25-20(31-18)15-8-10-24-11-9-15/h4-11,13,17H,12H2,1-3H3,(H,26,29)(H,27,28). The summed E-state index contributed by atoms with van der Waals surface area (Å²) in [6.45, 7) is 5.21. The van der Waals surface area contributed by atoms with Gasteiger partial charge in [-0.15, -0.1) is 0 Å². The maximum Gasteiger partial charge on any atom is 0.408 e. The number of amides is 2. The van der Waals surface area contributed by atoms with Crippen molar-refractivity contribution in [1.82, 2.24) is 15.3 Å². The van der Waals surface area contributed by atoms with E-state index in [2.05, 4.69) is 20.6 Å². The van der Waals surface area contributed by atoms with Crippen molar-refractivity contribution in [1.29, 1.82) is 0 Å². The molecule has 9 heteroatoms. The van der Waals surface area contributed by atoms with Gasteiger partial charge in [-0.3, -0.25) is 9.78 Å². The van der Waals surface area contributed by atoms with Gasteiger partial charge in [0.2, 0.25) is 5.91 Å². The molecule has 7 nitrogen and oxygen atoms in total. The molecular weight excluding hydrogens is 419 g/mol. The topological polar surface area (TPSA) is 93.2 Å². The highest BCUT2D eigenvalue weighted by Crippen LogP contribution is 2.28. The maximum atomic E-state index is 13.2. The van der Waals surface area contributed by atoms with E-state index in [0.29, 0.717) is 10.6 Å². The summed E-state index contributed by atoms with van der Waals surface area (Å²) >= 11 is 1.30. The summed E-state index contributed by atoms with van der Waals surface area (Å²) in [7, 11) is 0. The van der Waals surface area contributed by atoms with Crippen LogP contribution in [0.4, 0.5) is 14.2 Å². The zero-order chi connectivity index (χ0) is 22.4. The first-order valence-electron chi connectivity index (χ1n) is 9.61. The van der Waals surface area contributed by atoms with E-state index in [1.807, 2.05) is 12.1 Å². The van der Waals surface area contributed by atoms with Crippen molar-refractivity contribution in [3.05, 3.63) is 66.4 Å². The summed E-state index contributed by atoms with van der Waals surface area (Å²) in [6.07, 6.45) is 4.34. The van der Waals surface area contributed by atoms with Gasteiger partial charge in [0.05, 0.1) is 6.20 Å². The van der Waals surface area contributed by atoms with Crippen molar-refractivity contribution < 1.29 is 18.7 Å². The Balaban J connectivity index is 1.74. The molecule has 1 unspecified atom stereocenters. The van der Waals surface area contributed by atoms with Crippen LogP contribution in [-0.2, 0) is 16.0 Å². The van der Waals surface area contributed by atoms with Crippen molar-refractivity contribution >= 4 is 28.3 Å². The fraction of sp³-hybridized carbons (Fsp3) is 0.273. The minimum Gasteiger partial charge on any atom is -0.444 e. The number of alkyl carbamates (subject to hydrolysis) is 1. The summed E-state index contributed by atoms with van der Waals surface area (Å²) < 4.78 is 18.5. The van der Waals surface area contributed by atoms with Crippen LogP contribution in [0.25, 0.3) is 10.6 Å². The molecule has 2 amide bonds. The van der Waals surface area contributed by atoms with Crippen LogP contribution in [0, 0.1) is 5.82 Å². The number of halogens is 1. The van der Waals surface area contributed by atoms with Crippen LogP contribution >= 0.6 is 11.3 Å². The second-order valence-corrected chi connectivity index (χ2v) is 8.81. The zero-order valence-corrected chi connectivity index (χ0v) is 18.2. The van der Waals surface area contributed by atoms with Gasteiger partial charge in [0.15, 0.2) is 0 Å². The van der Waals surface area contributed by atoms with Gasteiger partial charge >= 0.3 is 6.09 Å². The van der Waals surface area contributed by atoms with Crippen molar-refractivity contribution in [3.63, 3.8) is 0 Å². The van der Waals surface area contributed by atoms with Gasteiger partial charge in [-0.25, -0.2) is 14.2 Å². The van der Waals surface area contributed by atoms with Crippen LogP contribution in [0.5, 0.6) is 0 Å². The van der Waals surface area contributed by atoms with Gasteiger partial charge in [0.25, 0.3) is 0 Å². The van der Waals surface area contributed by atoms with Gasteiger partial charge in [-0.1, -0.05) is 23.5 Å². The van der Waals surface area contributed by atoms with Crippen molar-refractivity contribution in [3.8, 4) is 10.6 Å². The first-order chi connectivity index (χ1) is 14.7. The Labute approximate surface area is 183 Å². The van der Waals surface area contributed by atoms with E-state index >= 15 is 0 Å². The molecule has 0 fully saturated rings. The van der Waals surface area contributed by atoms with E-state index in [9.17, 15) is 14.0 Å². The Morgan fingerprint density at radius 2 is 1.81 bits per heavy atom. The molecule has 2 N–H and O–H groups in total. The molecule has 1 aromatic carbocycles. The minimum absolute atomic E-state index is 0.168. The Bertz CT molecular complexity index is 1030. The minimum atomic E-state index is -0.924. The lowest BCUT2D eigenvalue weighted by Gasteiger charge is -2.23. The van der Waals surface area contributed by atoms with E-state index < -0.39 is 23.6 Å². The van der Waals surface area contributed by atoms with Crippen LogP contribution in [0.1, 0.15) is 26.3 Å². The molecule has 2 aromatic heterocycles. The van der Waals surface area contributed by atoms with Crippen LogP contribution < -0.4 is 10.6 Å². The lowest BCUT2D eigenvalue weighted by molar-refractivity contribution is -0.118. The highest BCUT2D eigenvalue weighted by atomic mass is 32.1. The third kappa shape index (κ3) is 6.85. The average molecular weight is 443 g/mol. The van der Waals surface area contributed by atoms with Gasteiger partial charge in [-0.2, -0.15) is 0 Å². The number of nitrogens with zero attached hydrogens (tertiary/aromatic N) is 2. The number of rotatable bonds is 6. The lowest BCUT2D eigenvalue weighted by Crippen LogP contribution is -2.47. The highest BCUT2D eigenvalue weighted by molar-refractivity contribution is 7.19. The summed E-state index contributed by atoms with van der Waals surface area (Å²) in [6, 6.07) is 8.48. The smallest absolute Gasteiger partial charge is 0.408 e. The average Bonchev–Trinajstić information content (AvgIpc) is 3.17. The van der Waals surface area contributed by atoms with E-state index in [-0.39, 0.29) is 12.2 Å². The number of pyridine rings is 1. The molecule has 0 saturated carbocycles. The van der Waals surface area contributed by atoms with Crippen LogP contribution in [0.3, 0.4) is 0 Å². The molecule has 0 spiro atoms. The molecule has 2 heterocycles. The Morgan fingerprint density at radius 3 is 2.45 bits per heavy atom. The second-order valence-electron chi connectivity index (χ2n) is 7.78. The molecule has 0 aliphatic rings. The third-order valence-electron chi connectivity index (χ3n) is 4.04. The molecular formula is C22H23FN4O3S. The first kappa shape index (κ1) is 22.4. The summed E-state index contributed by atoms with van der Waals surface area (Å²) in [5.74, 6) is -0.807. The Hall–Kier alpha value is -3.33. The number of carbonyl (C=O) groups is 2. The van der Waals surface area contributed by atoms with Gasteiger partial charge in [0.1, 0.15) is 27.5 Å². The molecule has 1 atom stereocenters. The predicted molar refractivity (Wildman–Crippen MR) is 117 cm³/mol. The molecule has 3 rings (SSSR count). The normalized spacial score (nSPS) is 12.1. The summed E-state index contributed by atoms with van der Waals surface area (Å²) in [5.41, 5.74) is 0.868. The monoisotopic (exact) mass is 442 g/mol. The molecule has 0 aliphatic carbocycles. The highest BCUT2D eigenvalue weighted by Gasteiger charge is 2.25. The Kier molecular flexibility index (Phi) is 6.96. The third-order valence-corrected chi connectivity index (χ3v) is 5.00. The van der Waals surface area contributed by atoms with E-state index in [0.717, 1.165) is 10.6 Å².